The molecular formula is C18H16FNO3. The van der Waals surface area contributed by atoms with Gasteiger partial charge in [-0.3, -0.25) is 4.79 Å². The largest absolute Gasteiger partial charge is 0.480 e. The maximum absolute atomic E-state index is 13.5. The van der Waals surface area contributed by atoms with Crippen molar-refractivity contribution in [2.45, 2.75) is 12.5 Å². The van der Waals surface area contributed by atoms with Gasteiger partial charge in [-0.2, -0.15) is 0 Å². The smallest absolute Gasteiger partial charge is 0.326 e. The highest BCUT2D eigenvalue weighted by Crippen LogP contribution is 2.08. The van der Waals surface area contributed by atoms with Crippen LogP contribution in [0.2, 0.25) is 0 Å². The van der Waals surface area contributed by atoms with Gasteiger partial charge in [0.1, 0.15) is 11.9 Å². The Hall–Kier alpha value is -2.95. The van der Waals surface area contributed by atoms with Crippen LogP contribution in [0.15, 0.2) is 60.7 Å². The van der Waals surface area contributed by atoms with Crippen LogP contribution >= 0.6 is 0 Å². The van der Waals surface area contributed by atoms with Crippen LogP contribution in [-0.4, -0.2) is 23.0 Å². The third-order valence-electron chi connectivity index (χ3n) is 3.20. The fourth-order valence-electron chi connectivity index (χ4n) is 2.01. The Morgan fingerprint density at radius 2 is 1.74 bits per heavy atom. The summed E-state index contributed by atoms with van der Waals surface area (Å²) >= 11 is 0. The van der Waals surface area contributed by atoms with Crippen LogP contribution in [0.1, 0.15) is 22.3 Å². The molecule has 0 radical (unpaired) electrons. The molecule has 0 aromatic heterocycles. The van der Waals surface area contributed by atoms with Gasteiger partial charge in [0.2, 0.25) is 0 Å². The molecule has 0 aliphatic heterocycles. The van der Waals surface area contributed by atoms with E-state index in [4.69, 9.17) is 0 Å². The highest BCUT2D eigenvalue weighted by Gasteiger charge is 2.20. The zero-order valence-corrected chi connectivity index (χ0v) is 12.3. The number of hydrogen-bond donors (Lipinski definition) is 2. The predicted molar refractivity (Wildman–Crippen MR) is 85.4 cm³/mol. The van der Waals surface area contributed by atoms with E-state index < -0.39 is 23.7 Å². The molecule has 1 amide bonds. The van der Waals surface area contributed by atoms with E-state index >= 15 is 0 Å². The molecule has 0 saturated carbocycles. The van der Waals surface area contributed by atoms with E-state index in [1.807, 2.05) is 30.3 Å². The van der Waals surface area contributed by atoms with Crippen LogP contribution in [0.4, 0.5) is 4.39 Å². The van der Waals surface area contributed by atoms with Gasteiger partial charge in [-0.1, -0.05) is 54.6 Å². The van der Waals surface area contributed by atoms with Gasteiger partial charge in [0.15, 0.2) is 0 Å². The average Bonchev–Trinajstić information content (AvgIpc) is 2.55. The summed E-state index contributed by atoms with van der Waals surface area (Å²) in [7, 11) is 0. The number of nitrogens with one attached hydrogen (secondary N) is 1. The molecule has 4 nitrogen and oxygen atoms in total. The van der Waals surface area contributed by atoms with Crippen LogP contribution in [0.25, 0.3) is 6.08 Å². The minimum atomic E-state index is -1.17. The molecule has 2 rings (SSSR count). The lowest BCUT2D eigenvalue weighted by molar-refractivity contribution is -0.139. The zero-order chi connectivity index (χ0) is 16.7. The number of hydrogen-bond acceptors (Lipinski definition) is 2. The van der Waals surface area contributed by atoms with E-state index in [1.54, 1.807) is 12.2 Å². The standard InChI is InChI=1S/C18H16FNO3/c19-15-11-5-4-10-14(15)17(21)20-16(18(22)23)12-6-9-13-7-2-1-3-8-13/h1-11,16H,12H2,(H,20,21)(H,22,23)/b9-6+/t16-/m0/s1. The zero-order valence-electron chi connectivity index (χ0n) is 12.3. The van der Waals surface area contributed by atoms with Gasteiger partial charge in [0.25, 0.3) is 5.91 Å². The lowest BCUT2D eigenvalue weighted by Gasteiger charge is -2.13. The Kier molecular flexibility index (Phi) is 5.63. The van der Waals surface area contributed by atoms with Crippen molar-refractivity contribution in [3.05, 3.63) is 77.6 Å². The molecule has 5 heteroatoms. The van der Waals surface area contributed by atoms with Crippen LogP contribution in [0.5, 0.6) is 0 Å². The van der Waals surface area contributed by atoms with Gasteiger partial charge in [-0.15, -0.1) is 0 Å². The number of benzene rings is 2. The van der Waals surface area contributed by atoms with E-state index in [1.165, 1.54) is 18.2 Å². The van der Waals surface area contributed by atoms with Crippen molar-refractivity contribution in [1.29, 1.82) is 0 Å². The average molecular weight is 313 g/mol. The summed E-state index contributed by atoms with van der Waals surface area (Å²) in [5, 5.41) is 11.5. The molecule has 1 atom stereocenters. The van der Waals surface area contributed by atoms with Crippen molar-refractivity contribution >= 4 is 18.0 Å². The number of aliphatic carboxylic acids is 1. The Labute approximate surface area is 133 Å². The van der Waals surface area contributed by atoms with E-state index in [-0.39, 0.29) is 12.0 Å². The first-order chi connectivity index (χ1) is 11.1. The van der Waals surface area contributed by atoms with Crippen LogP contribution in [0.3, 0.4) is 0 Å². The second kappa shape index (κ2) is 7.89. The van der Waals surface area contributed by atoms with E-state index in [0.29, 0.717) is 0 Å². The lowest BCUT2D eigenvalue weighted by Crippen LogP contribution is -2.40. The molecule has 0 aliphatic rings. The van der Waals surface area contributed by atoms with E-state index in [2.05, 4.69) is 5.32 Å². The summed E-state index contributed by atoms with van der Waals surface area (Å²) < 4.78 is 13.5. The minimum absolute atomic E-state index is 0.102. The maximum Gasteiger partial charge on any atom is 0.326 e. The summed E-state index contributed by atoms with van der Waals surface area (Å²) in [6.07, 6.45) is 3.53. The molecule has 0 heterocycles. The summed E-state index contributed by atoms with van der Waals surface area (Å²) in [6.45, 7) is 0. The van der Waals surface area contributed by atoms with E-state index in [0.717, 1.165) is 11.6 Å². The summed E-state index contributed by atoms with van der Waals surface area (Å²) in [5.74, 6) is -2.61. The first kappa shape index (κ1) is 16.4. The Morgan fingerprint density at radius 1 is 1.09 bits per heavy atom. The second-order valence-corrected chi connectivity index (χ2v) is 4.89. The normalized spacial score (nSPS) is 12.0. The molecule has 118 valence electrons. The third kappa shape index (κ3) is 4.78. The van der Waals surface area contributed by atoms with Crippen molar-refractivity contribution in [3.63, 3.8) is 0 Å². The SMILES string of the molecule is O=C(N[C@@H](C/C=C/c1ccccc1)C(=O)O)c1ccccc1F. The monoisotopic (exact) mass is 313 g/mol. The number of carboxylic acid groups (broad SMARTS) is 1. The minimum Gasteiger partial charge on any atom is -0.480 e. The van der Waals surface area contributed by atoms with Gasteiger partial charge >= 0.3 is 5.97 Å². The number of amides is 1. The molecular weight excluding hydrogens is 297 g/mol. The van der Waals surface area contributed by atoms with Crippen LogP contribution in [-0.2, 0) is 4.79 Å². The highest BCUT2D eigenvalue weighted by atomic mass is 19.1. The topological polar surface area (TPSA) is 66.4 Å². The van der Waals surface area contributed by atoms with Crippen molar-refractivity contribution in [2.75, 3.05) is 0 Å². The molecule has 0 bridgehead atoms. The fourth-order valence-corrected chi connectivity index (χ4v) is 2.01. The number of carbonyl (C=O) groups is 2. The van der Waals surface area contributed by atoms with Crippen molar-refractivity contribution in [1.82, 2.24) is 5.32 Å². The molecule has 0 aliphatic carbocycles. The Bertz CT molecular complexity index is 713. The van der Waals surface area contributed by atoms with Crippen molar-refractivity contribution < 1.29 is 19.1 Å². The molecule has 0 saturated heterocycles. The fraction of sp³-hybridized carbons (Fsp3) is 0.111. The van der Waals surface area contributed by atoms with Gasteiger partial charge in [-0.25, -0.2) is 9.18 Å². The third-order valence-corrected chi connectivity index (χ3v) is 3.20. The molecule has 2 N–H and O–H groups in total. The molecule has 2 aromatic carbocycles. The van der Waals surface area contributed by atoms with Gasteiger partial charge in [0.05, 0.1) is 5.56 Å². The highest BCUT2D eigenvalue weighted by molar-refractivity contribution is 5.96. The lowest BCUT2D eigenvalue weighted by atomic mass is 10.1. The molecule has 0 fully saturated rings. The Morgan fingerprint density at radius 3 is 2.39 bits per heavy atom. The molecule has 23 heavy (non-hydrogen) atoms. The van der Waals surface area contributed by atoms with Crippen molar-refractivity contribution in [3.8, 4) is 0 Å². The number of carboxylic acids is 1. The number of halogens is 1. The molecule has 0 unspecified atom stereocenters. The van der Waals surface area contributed by atoms with Gasteiger partial charge in [0, 0.05) is 0 Å². The van der Waals surface area contributed by atoms with Crippen LogP contribution < -0.4 is 5.32 Å². The number of rotatable bonds is 6. The molecule has 2 aromatic rings. The molecule has 0 spiro atoms. The van der Waals surface area contributed by atoms with Gasteiger partial charge < -0.3 is 10.4 Å². The predicted octanol–water partition coefficient (Wildman–Crippen LogP) is 3.11. The summed E-state index contributed by atoms with van der Waals surface area (Å²) in [6, 6.07) is 13.7. The van der Waals surface area contributed by atoms with Crippen molar-refractivity contribution in [2.24, 2.45) is 0 Å². The van der Waals surface area contributed by atoms with Gasteiger partial charge in [-0.05, 0) is 24.1 Å². The first-order valence-electron chi connectivity index (χ1n) is 7.07. The summed E-state index contributed by atoms with van der Waals surface area (Å²) in [5.41, 5.74) is 0.753. The van der Waals surface area contributed by atoms with E-state index in [9.17, 15) is 19.1 Å². The quantitative estimate of drug-likeness (QED) is 0.861. The first-order valence-corrected chi connectivity index (χ1v) is 7.07. The Balaban J connectivity index is 2.02. The second-order valence-electron chi connectivity index (χ2n) is 4.89. The number of carbonyl (C=O) groups excluding carboxylic acids is 1. The van der Waals surface area contributed by atoms with Crippen LogP contribution in [0, 0.1) is 5.82 Å². The summed E-state index contributed by atoms with van der Waals surface area (Å²) in [4.78, 5) is 23.2. The maximum atomic E-state index is 13.5.